The number of benzene rings is 2. The molecule has 0 fully saturated rings. The Morgan fingerprint density at radius 3 is 2.30 bits per heavy atom. The third-order valence-electron chi connectivity index (χ3n) is 4.99. The van der Waals surface area contributed by atoms with Gasteiger partial charge in [-0.15, -0.1) is 11.3 Å². The number of nitrogens with one attached hydrogen (secondary N) is 2. The molecule has 30 heavy (non-hydrogen) atoms. The van der Waals surface area contributed by atoms with Crippen LogP contribution in [0.25, 0.3) is 6.08 Å². The molecule has 3 aromatic rings. The van der Waals surface area contributed by atoms with E-state index in [-0.39, 0.29) is 23.6 Å². The lowest BCUT2D eigenvalue weighted by Crippen LogP contribution is -2.37. The highest BCUT2D eigenvalue weighted by Gasteiger charge is 2.20. The Labute approximate surface area is 181 Å². The first-order chi connectivity index (χ1) is 14.5. The van der Waals surface area contributed by atoms with Crippen molar-refractivity contribution in [2.45, 2.75) is 33.2 Å². The summed E-state index contributed by atoms with van der Waals surface area (Å²) in [4.78, 5) is 26.9. The summed E-state index contributed by atoms with van der Waals surface area (Å²) in [6, 6.07) is 19.0. The molecule has 2 amide bonds. The summed E-state index contributed by atoms with van der Waals surface area (Å²) in [5.74, 6) is -0.601. The second kappa shape index (κ2) is 10.0. The Balaban J connectivity index is 1.87. The van der Waals surface area contributed by atoms with Crippen molar-refractivity contribution >= 4 is 29.2 Å². The molecule has 0 bridgehead atoms. The lowest BCUT2D eigenvalue weighted by atomic mass is 9.99. The van der Waals surface area contributed by atoms with E-state index in [1.807, 2.05) is 80.7 Å². The minimum absolute atomic E-state index is 0.138. The molecule has 4 nitrogen and oxygen atoms in total. The van der Waals surface area contributed by atoms with Crippen LogP contribution in [0.4, 0.5) is 0 Å². The third-order valence-corrected chi connectivity index (χ3v) is 5.81. The zero-order valence-corrected chi connectivity index (χ0v) is 18.3. The van der Waals surface area contributed by atoms with Crippen molar-refractivity contribution in [1.82, 2.24) is 10.6 Å². The van der Waals surface area contributed by atoms with Crippen LogP contribution < -0.4 is 10.6 Å². The first kappa shape index (κ1) is 21.5. The molecule has 0 aliphatic rings. The summed E-state index contributed by atoms with van der Waals surface area (Å²) < 4.78 is 0. The number of amides is 2. The molecule has 2 aromatic carbocycles. The average Bonchev–Trinajstić information content (AvgIpc) is 3.25. The number of thiophene rings is 1. The van der Waals surface area contributed by atoms with Crippen LogP contribution in [-0.2, 0) is 4.79 Å². The number of aryl methyl sites for hydroxylation is 2. The minimum Gasteiger partial charge on any atom is -0.344 e. The van der Waals surface area contributed by atoms with Gasteiger partial charge in [-0.3, -0.25) is 9.59 Å². The minimum atomic E-state index is -0.305. The molecule has 1 heterocycles. The van der Waals surface area contributed by atoms with Crippen LogP contribution >= 0.6 is 11.3 Å². The number of hydrogen-bond acceptors (Lipinski definition) is 3. The molecule has 0 aliphatic carbocycles. The SMILES string of the molecule is CC[C@@H](NC(=O)/C(=C/c1cccs1)NC(=O)c1ccccc1C)c1ccccc1C. The van der Waals surface area contributed by atoms with Crippen molar-refractivity contribution in [3.05, 3.63) is 98.9 Å². The first-order valence-corrected chi connectivity index (χ1v) is 10.9. The average molecular weight is 419 g/mol. The fraction of sp³-hybridized carbons (Fsp3) is 0.200. The zero-order chi connectivity index (χ0) is 21.5. The molecule has 0 saturated heterocycles. The predicted octanol–water partition coefficient (Wildman–Crippen LogP) is 5.40. The normalized spacial score (nSPS) is 12.3. The van der Waals surface area contributed by atoms with E-state index in [0.29, 0.717) is 5.56 Å². The van der Waals surface area contributed by atoms with Gasteiger partial charge < -0.3 is 10.6 Å². The molecule has 5 heteroatoms. The van der Waals surface area contributed by atoms with E-state index in [0.717, 1.165) is 28.0 Å². The molecular weight excluding hydrogens is 392 g/mol. The standard InChI is InChI=1S/C25H26N2O2S/c1-4-22(20-13-7-5-10-17(20)2)26-25(29)23(16-19-12-9-15-30-19)27-24(28)21-14-8-6-11-18(21)3/h5-16,22H,4H2,1-3H3,(H,26,29)(H,27,28)/b23-16-/t22-/m1/s1. The molecule has 0 spiro atoms. The van der Waals surface area contributed by atoms with Gasteiger partial charge in [0.15, 0.2) is 0 Å². The molecule has 154 valence electrons. The number of hydrogen-bond donors (Lipinski definition) is 2. The maximum atomic E-state index is 13.2. The third kappa shape index (κ3) is 5.24. The van der Waals surface area contributed by atoms with Crippen LogP contribution in [0.1, 0.15) is 51.3 Å². The van der Waals surface area contributed by atoms with Crippen LogP contribution in [0, 0.1) is 13.8 Å². The lowest BCUT2D eigenvalue weighted by Gasteiger charge is -2.21. The smallest absolute Gasteiger partial charge is 0.268 e. The second-order valence-corrected chi connectivity index (χ2v) is 8.11. The van der Waals surface area contributed by atoms with Crippen molar-refractivity contribution in [3.63, 3.8) is 0 Å². The molecule has 2 N–H and O–H groups in total. The van der Waals surface area contributed by atoms with Gasteiger partial charge in [0.1, 0.15) is 5.70 Å². The Morgan fingerprint density at radius 1 is 0.967 bits per heavy atom. The number of carbonyl (C=O) groups excluding carboxylic acids is 2. The van der Waals surface area contributed by atoms with Gasteiger partial charge in [0.05, 0.1) is 6.04 Å². The molecular formula is C25H26N2O2S. The van der Waals surface area contributed by atoms with Gasteiger partial charge in [-0.1, -0.05) is 55.5 Å². The van der Waals surface area contributed by atoms with Crippen LogP contribution in [0.5, 0.6) is 0 Å². The van der Waals surface area contributed by atoms with Gasteiger partial charge in [-0.05, 0) is 60.5 Å². The van der Waals surface area contributed by atoms with E-state index in [2.05, 4.69) is 10.6 Å². The van der Waals surface area contributed by atoms with Gasteiger partial charge in [0.2, 0.25) is 0 Å². The second-order valence-electron chi connectivity index (χ2n) is 7.13. The monoisotopic (exact) mass is 418 g/mol. The van der Waals surface area contributed by atoms with E-state index in [9.17, 15) is 9.59 Å². The fourth-order valence-electron chi connectivity index (χ4n) is 3.30. The summed E-state index contributed by atoms with van der Waals surface area (Å²) in [6.45, 7) is 5.95. The quantitative estimate of drug-likeness (QED) is 0.505. The molecule has 0 unspecified atom stereocenters. The molecule has 0 saturated carbocycles. The van der Waals surface area contributed by atoms with Crippen LogP contribution in [0.2, 0.25) is 0 Å². The maximum Gasteiger partial charge on any atom is 0.268 e. The van der Waals surface area contributed by atoms with Gasteiger partial charge >= 0.3 is 0 Å². The van der Waals surface area contributed by atoms with Crippen LogP contribution in [-0.4, -0.2) is 11.8 Å². The van der Waals surface area contributed by atoms with Crippen molar-refractivity contribution in [3.8, 4) is 0 Å². The molecule has 0 radical (unpaired) electrons. The largest absolute Gasteiger partial charge is 0.344 e. The van der Waals surface area contributed by atoms with E-state index < -0.39 is 0 Å². The fourth-order valence-corrected chi connectivity index (χ4v) is 3.96. The molecule has 1 atom stereocenters. The van der Waals surface area contributed by atoms with E-state index >= 15 is 0 Å². The van der Waals surface area contributed by atoms with Gasteiger partial charge in [0.25, 0.3) is 11.8 Å². The molecule has 0 aliphatic heterocycles. The summed E-state index contributed by atoms with van der Waals surface area (Å²) in [5.41, 5.74) is 3.84. The first-order valence-electron chi connectivity index (χ1n) is 9.98. The van der Waals surface area contributed by atoms with E-state index in [1.165, 1.54) is 11.3 Å². The Kier molecular flexibility index (Phi) is 7.20. The summed E-state index contributed by atoms with van der Waals surface area (Å²) >= 11 is 1.51. The Hall–Kier alpha value is -3.18. The predicted molar refractivity (Wildman–Crippen MR) is 123 cm³/mol. The highest BCUT2D eigenvalue weighted by Crippen LogP contribution is 2.21. The summed E-state index contributed by atoms with van der Waals surface area (Å²) in [5, 5.41) is 7.85. The lowest BCUT2D eigenvalue weighted by molar-refractivity contribution is -0.118. The van der Waals surface area contributed by atoms with Crippen molar-refractivity contribution in [2.24, 2.45) is 0 Å². The number of rotatable bonds is 7. The Morgan fingerprint density at radius 2 is 1.67 bits per heavy atom. The van der Waals surface area contributed by atoms with Gasteiger partial charge in [0, 0.05) is 10.4 Å². The van der Waals surface area contributed by atoms with Gasteiger partial charge in [-0.25, -0.2) is 0 Å². The Bertz CT molecular complexity index is 1050. The number of carbonyl (C=O) groups is 2. The van der Waals surface area contributed by atoms with Crippen LogP contribution in [0.3, 0.4) is 0 Å². The van der Waals surface area contributed by atoms with Crippen LogP contribution in [0.15, 0.2) is 71.7 Å². The topological polar surface area (TPSA) is 58.2 Å². The van der Waals surface area contributed by atoms with Gasteiger partial charge in [-0.2, -0.15) is 0 Å². The highest BCUT2D eigenvalue weighted by molar-refractivity contribution is 7.10. The summed E-state index contributed by atoms with van der Waals surface area (Å²) in [7, 11) is 0. The maximum absolute atomic E-state index is 13.2. The van der Waals surface area contributed by atoms with Crippen molar-refractivity contribution < 1.29 is 9.59 Å². The highest BCUT2D eigenvalue weighted by atomic mass is 32.1. The molecule has 1 aromatic heterocycles. The summed E-state index contributed by atoms with van der Waals surface area (Å²) in [6.07, 6.45) is 2.47. The van der Waals surface area contributed by atoms with Crippen molar-refractivity contribution in [1.29, 1.82) is 0 Å². The molecule has 3 rings (SSSR count). The van der Waals surface area contributed by atoms with Crippen molar-refractivity contribution in [2.75, 3.05) is 0 Å². The van der Waals surface area contributed by atoms with E-state index in [4.69, 9.17) is 0 Å². The zero-order valence-electron chi connectivity index (χ0n) is 17.4. The van der Waals surface area contributed by atoms with E-state index in [1.54, 1.807) is 12.1 Å².